The third kappa shape index (κ3) is 5.19. The summed E-state index contributed by atoms with van der Waals surface area (Å²) in [6.07, 6.45) is 0. The number of nitrogens with one attached hydrogen (secondary N) is 2. The molecule has 0 aromatic heterocycles. The fraction of sp³-hybridized carbons (Fsp3) is 0.533. The molecule has 0 aliphatic carbocycles. The Labute approximate surface area is 121 Å². The average molecular weight is 279 g/mol. The van der Waals surface area contributed by atoms with E-state index >= 15 is 0 Å². The maximum Gasteiger partial charge on any atom is 0.321 e. The number of methoxy groups -OCH3 is 1. The first-order chi connectivity index (χ1) is 9.58. The smallest absolute Gasteiger partial charge is 0.321 e. The van der Waals surface area contributed by atoms with Crippen LogP contribution in [0.1, 0.15) is 25.5 Å². The number of hydrogen-bond donors (Lipinski definition) is 2. The number of benzene rings is 1. The zero-order valence-corrected chi connectivity index (χ0v) is 12.8. The summed E-state index contributed by atoms with van der Waals surface area (Å²) in [5.74, 6) is 0. The van der Waals surface area contributed by atoms with Crippen LogP contribution in [0.5, 0.6) is 0 Å². The second-order valence-electron chi connectivity index (χ2n) is 4.75. The molecule has 1 rings (SSSR count). The van der Waals surface area contributed by atoms with Gasteiger partial charge < -0.3 is 20.3 Å². The Kier molecular flexibility index (Phi) is 7.04. The van der Waals surface area contributed by atoms with Gasteiger partial charge in [0, 0.05) is 32.4 Å². The first-order valence-electron chi connectivity index (χ1n) is 6.92. The fourth-order valence-electron chi connectivity index (χ4n) is 1.83. The number of ether oxygens (including phenoxy) is 1. The summed E-state index contributed by atoms with van der Waals surface area (Å²) in [4.78, 5) is 13.5. The summed E-state index contributed by atoms with van der Waals surface area (Å²) in [5.41, 5.74) is 2.00. The molecular formula is C15H25N3O2. The minimum Gasteiger partial charge on any atom is -0.383 e. The molecule has 112 valence electrons. The van der Waals surface area contributed by atoms with Crippen molar-refractivity contribution in [3.63, 3.8) is 0 Å². The second-order valence-corrected chi connectivity index (χ2v) is 4.75. The minimum atomic E-state index is -0.130. The number of rotatable bonds is 7. The molecule has 0 heterocycles. The number of amides is 2. The van der Waals surface area contributed by atoms with Crippen LogP contribution in [0, 0.1) is 0 Å². The van der Waals surface area contributed by atoms with Gasteiger partial charge in [-0.25, -0.2) is 4.79 Å². The number of anilines is 1. The lowest BCUT2D eigenvalue weighted by molar-refractivity contribution is 0.165. The monoisotopic (exact) mass is 279 g/mol. The van der Waals surface area contributed by atoms with Crippen molar-refractivity contribution >= 4 is 11.7 Å². The normalized spacial score (nSPS) is 12.0. The molecule has 0 saturated heterocycles. The molecule has 0 radical (unpaired) electrons. The predicted octanol–water partition coefficient (Wildman–Crippen LogP) is 2.47. The number of urea groups is 1. The van der Waals surface area contributed by atoms with Gasteiger partial charge in [0.2, 0.25) is 0 Å². The predicted molar refractivity (Wildman–Crippen MR) is 82.1 cm³/mol. The summed E-state index contributed by atoms with van der Waals surface area (Å²) in [5, 5.41) is 6.21. The molecule has 0 aliphatic rings. The van der Waals surface area contributed by atoms with Crippen molar-refractivity contribution in [1.82, 2.24) is 10.2 Å². The van der Waals surface area contributed by atoms with Crippen molar-refractivity contribution in [1.29, 1.82) is 0 Å². The van der Waals surface area contributed by atoms with E-state index in [2.05, 4.69) is 24.5 Å². The first kappa shape index (κ1) is 16.5. The molecule has 2 N–H and O–H groups in total. The van der Waals surface area contributed by atoms with E-state index in [9.17, 15) is 4.79 Å². The Hall–Kier alpha value is -1.59. The van der Waals surface area contributed by atoms with E-state index in [1.807, 2.05) is 24.3 Å². The maximum absolute atomic E-state index is 11.9. The Bertz CT molecular complexity index is 406. The lowest BCUT2D eigenvalue weighted by atomic mass is 10.1. The van der Waals surface area contributed by atoms with Gasteiger partial charge in [0.05, 0.1) is 6.61 Å². The summed E-state index contributed by atoms with van der Waals surface area (Å²) in [7, 11) is 3.37. The molecule has 2 amide bonds. The van der Waals surface area contributed by atoms with Crippen molar-refractivity contribution in [2.45, 2.75) is 19.9 Å². The number of carbonyl (C=O) groups is 1. The third-order valence-corrected chi connectivity index (χ3v) is 3.15. The summed E-state index contributed by atoms with van der Waals surface area (Å²) >= 11 is 0. The molecule has 0 bridgehead atoms. The van der Waals surface area contributed by atoms with Crippen LogP contribution in [0.15, 0.2) is 24.3 Å². The minimum absolute atomic E-state index is 0.130. The van der Waals surface area contributed by atoms with Gasteiger partial charge in [-0.2, -0.15) is 0 Å². The second kappa shape index (κ2) is 8.55. The largest absolute Gasteiger partial charge is 0.383 e. The lowest BCUT2D eigenvalue weighted by Crippen LogP contribution is -2.33. The van der Waals surface area contributed by atoms with Crippen molar-refractivity contribution in [2.75, 3.05) is 39.2 Å². The standard InChI is InChI=1S/C15H25N3O2/c1-5-16-12(2)13-6-8-14(9-7-13)17-15(19)18(3)10-11-20-4/h6-9,12,16H,5,10-11H2,1-4H3,(H,17,19). The van der Waals surface area contributed by atoms with Crippen LogP contribution in [-0.4, -0.2) is 44.8 Å². The van der Waals surface area contributed by atoms with Crippen molar-refractivity contribution in [3.8, 4) is 0 Å². The molecule has 1 aromatic carbocycles. The van der Waals surface area contributed by atoms with Crippen molar-refractivity contribution < 1.29 is 9.53 Å². The van der Waals surface area contributed by atoms with Gasteiger partial charge in [0.1, 0.15) is 0 Å². The zero-order valence-electron chi connectivity index (χ0n) is 12.8. The molecule has 5 nitrogen and oxygen atoms in total. The highest BCUT2D eigenvalue weighted by Crippen LogP contribution is 2.16. The van der Waals surface area contributed by atoms with Crippen LogP contribution < -0.4 is 10.6 Å². The topological polar surface area (TPSA) is 53.6 Å². The van der Waals surface area contributed by atoms with Gasteiger partial charge in [-0.05, 0) is 31.2 Å². The molecule has 5 heteroatoms. The Morgan fingerprint density at radius 2 is 2.00 bits per heavy atom. The van der Waals surface area contributed by atoms with Gasteiger partial charge in [-0.15, -0.1) is 0 Å². The van der Waals surface area contributed by atoms with E-state index in [-0.39, 0.29) is 6.03 Å². The molecule has 0 fully saturated rings. The van der Waals surface area contributed by atoms with Gasteiger partial charge in [0.25, 0.3) is 0 Å². The fourth-order valence-corrected chi connectivity index (χ4v) is 1.83. The number of likely N-dealkylation sites (N-methyl/N-ethyl adjacent to an activating group) is 1. The van der Waals surface area contributed by atoms with Gasteiger partial charge >= 0.3 is 6.03 Å². The van der Waals surface area contributed by atoms with E-state index in [0.717, 1.165) is 12.2 Å². The van der Waals surface area contributed by atoms with Gasteiger partial charge in [-0.3, -0.25) is 0 Å². The maximum atomic E-state index is 11.9. The van der Waals surface area contributed by atoms with Crippen LogP contribution >= 0.6 is 0 Å². The highest BCUT2D eigenvalue weighted by Gasteiger charge is 2.09. The molecule has 1 unspecified atom stereocenters. The SMILES string of the molecule is CCNC(C)c1ccc(NC(=O)N(C)CCOC)cc1. The van der Waals surface area contributed by atoms with Crippen LogP contribution in [0.2, 0.25) is 0 Å². The highest BCUT2D eigenvalue weighted by molar-refractivity contribution is 5.89. The van der Waals surface area contributed by atoms with Crippen LogP contribution in [0.3, 0.4) is 0 Å². The number of carbonyl (C=O) groups excluding carboxylic acids is 1. The Morgan fingerprint density at radius 1 is 1.35 bits per heavy atom. The lowest BCUT2D eigenvalue weighted by Gasteiger charge is -2.18. The van der Waals surface area contributed by atoms with Gasteiger partial charge in [-0.1, -0.05) is 19.1 Å². The van der Waals surface area contributed by atoms with E-state index in [0.29, 0.717) is 19.2 Å². The molecule has 0 aliphatic heterocycles. The summed E-state index contributed by atoms with van der Waals surface area (Å²) in [6, 6.07) is 8.08. The van der Waals surface area contributed by atoms with Crippen molar-refractivity contribution in [3.05, 3.63) is 29.8 Å². The summed E-state index contributed by atoms with van der Waals surface area (Å²) < 4.78 is 4.95. The van der Waals surface area contributed by atoms with E-state index in [1.165, 1.54) is 5.56 Å². The first-order valence-corrected chi connectivity index (χ1v) is 6.92. The van der Waals surface area contributed by atoms with Crippen LogP contribution in [0.4, 0.5) is 10.5 Å². The molecule has 0 saturated carbocycles. The van der Waals surface area contributed by atoms with Crippen LogP contribution in [-0.2, 0) is 4.74 Å². The highest BCUT2D eigenvalue weighted by atomic mass is 16.5. The summed E-state index contributed by atoms with van der Waals surface area (Å²) in [6.45, 7) is 6.24. The van der Waals surface area contributed by atoms with E-state index < -0.39 is 0 Å². The Morgan fingerprint density at radius 3 is 2.55 bits per heavy atom. The van der Waals surface area contributed by atoms with Gasteiger partial charge in [0.15, 0.2) is 0 Å². The number of hydrogen-bond acceptors (Lipinski definition) is 3. The molecule has 0 spiro atoms. The van der Waals surface area contributed by atoms with E-state index in [4.69, 9.17) is 4.74 Å². The average Bonchev–Trinajstić information content (AvgIpc) is 2.45. The molecule has 20 heavy (non-hydrogen) atoms. The third-order valence-electron chi connectivity index (χ3n) is 3.15. The van der Waals surface area contributed by atoms with Crippen LogP contribution in [0.25, 0.3) is 0 Å². The quantitative estimate of drug-likeness (QED) is 0.806. The van der Waals surface area contributed by atoms with E-state index in [1.54, 1.807) is 19.1 Å². The molecule has 1 aromatic rings. The molecule has 1 atom stereocenters. The molecular weight excluding hydrogens is 254 g/mol. The zero-order chi connectivity index (χ0) is 15.0. The van der Waals surface area contributed by atoms with Crippen molar-refractivity contribution in [2.24, 2.45) is 0 Å². The number of nitrogens with zero attached hydrogens (tertiary/aromatic N) is 1. The Balaban J connectivity index is 2.54.